The van der Waals surface area contributed by atoms with Crippen LogP contribution in [0.2, 0.25) is 5.02 Å². The Morgan fingerprint density at radius 1 is 1.26 bits per heavy atom. The van der Waals surface area contributed by atoms with Crippen molar-refractivity contribution in [3.8, 4) is 5.69 Å². The van der Waals surface area contributed by atoms with Crippen LogP contribution < -0.4 is 17.0 Å². The average Bonchev–Trinajstić information content (AvgIpc) is 2.53. The van der Waals surface area contributed by atoms with E-state index in [4.69, 9.17) is 17.3 Å². The Labute approximate surface area is 156 Å². The van der Waals surface area contributed by atoms with E-state index in [1.807, 2.05) is 0 Å². The third-order valence-corrected chi connectivity index (χ3v) is 4.48. The topological polar surface area (TPSA) is 104 Å². The molecule has 13 heteroatoms. The van der Waals surface area contributed by atoms with Crippen molar-refractivity contribution < 1.29 is 27.2 Å². The zero-order valence-corrected chi connectivity index (χ0v) is 14.4. The minimum absolute atomic E-state index is 0.000344. The van der Waals surface area contributed by atoms with Crippen molar-refractivity contribution in [3.63, 3.8) is 0 Å². The fourth-order valence-electron chi connectivity index (χ4n) is 2.09. The molecule has 27 heavy (non-hydrogen) atoms. The molecule has 0 aliphatic rings. The predicted molar refractivity (Wildman–Crippen MR) is 87.7 cm³/mol. The third-order valence-electron chi connectivity index (χ3n) is 3.14. The number of hydrogen-bond acceptors (Lipinski definition) is 5. The quantitative estimate of drug-likeness (QED) is 0.596. The number of halogens is 5. The molecule has 0 bridgehead atoms. The van der Waals surface area contributed by atoms with Crippen LogP contribution in [-0.2, 0) is 11.0 Å². The third kappa shape index (κ3) is 4.06. The van der Waals surface area contributed by atoms with Gasteiger partial charge in [0.25, 0.3) is 5.56 Å². The van der Waals surface area contributed by atoms with Gasteiger partial charge in [0.15, 0.2) is 0 Å². The fourth-order valence-corrected chi connectivity index (χ4v) is 3.01. The van der Waals surface area contributed by atoms with Crippen LogP contribution in [0.15, 0.2) is 32.7 Å². The minimum Gasteiger partial charge on any atom is -0.351 e. The number of benzene rings is 1. The van der Waals surface area contributed by atoms with Crippen molar-refractivity contribution in [1.82, 2.24) is 9.13 Å². The van der Waals surface area contributed by atoms with Gasteiger partial charge in [-0.3, -0.25) is 9.59 Å². The molecule has 0 aliphatic carbocycles. The Bertz CT molecular complexity index is 1050. The van der Waals surface area contributed by atoms with Crippen molar-refractivity contribution in [2.45, 2.75) is 11.1 Å². The number of carbonyl (C=O) groups is 1. The molecule has 143 valence electrons. The summed E-state index contributed by atoms with van der Waals surface area (Å²) in [5, 5.41) is -0.174. The van der Waals surface area contributed by atoms with Gasteiger partial charge in [0, 0.05) is 11.0 Å². The van der Waals surface area contributed by atoms with Crippen LogP contribution in [-0.4, -0.2) is 27.2 Å². The summed E-state index contributed by atoms with van der Waals surface area (Å²) in [6.45, 7) is 0. The molecule has 2 N–H and O–H groups in total. The first kappa shape index (κ1) is 20.7. The number of thioether (sulfide) groups is 1. The second-order valence-corrected chi connectivity index (χ2v) is 6.25. The molecule has 1 aromatic heterocycles. The van der Waals surface area contributed by atoms with Crippen LogP contribution in [0.25, 0.3) is 5.69 Å². The van der Waals surface area contributed by atoms with E-state index in [0.717, 1.165) is 17.8 Å². The molecule has 0 aliphatic heterocycles. The van der Waals surface area contributed by atoms with Crippen molar-refractivity contribution in [2.75, 3.05) is 5.75 Å². The summed E-state index contributed by atoms with van der Waals surface area (Å²) in [4.78, 5) is 46.1. The van der Waals surface area contributed by atoms with Gasteiger partial charge in [-0.05, 0) is 12.1 Å². The van der Waals surface area contributed by atoms with Crippen LogP contribution in [0.1, 0.15) is 5.69 Å². The van der Waals surface area contributed by atoms with Crippen molar-refractivity contribution in [3.05, 3.63) is 55.6 Å². The fraction of sp³-hybridized carbons (Fsp3) is 0.143. The van der Waals surface area contributed by atoms with Gasteiger partial charge >= 0.3 is 17.9 Å². The van der Waals surface area contributed by atoms with Gasteiger partial charge in [-0.25, -0.2) is 23.1 Å². The molecule has 0 saturated carbocycles. The van der Waals surface area contributed by atoms with E-state index in [1.54, 1.807) is 0 Å². The molecule has 2 aromatic rings. The zero-order valence-electron chi connectivity index (χ0n) is 12.8. The van der Waals surface area contributed by atoms with Crippen LogP contribution in [0.3, 0.4) is 0 Å². The summed E-state index contributed by atoms with van der Waals surface area (Å²) in [7, 11) is 0. The van der Waals surface area contributed by atoms with E-state index in [2.05, 4.69) is 0 Å². The monoisotopic (exact) mass is 424 g/mol. The molecule has 2 rings (SSSR count). The number of nitrogens with two attached hydrogens (primary N) is 1. The molecular formula is C14H7ClF4N3O4S. The lowest BCUT2D eigenvalue weighted by Crippen LogP contribution is -2.46. The van der Waals surface area contributed by atoms with Crippen molar-refractivity contribution in [1.29, 1.82) is 0 Å². The number of rotatable bonds is 4. The second-order valence-electron chi connectivity index (χ2n) is 4.82. The average molecular weight is 425 g/mol. The van der Waals surface area contributed by atoms with E-state index in [-0.39, 0.29) is 26.3 Å². The molecule has 1 radical (unpaired) electrons. The molecule has 0 saturated heterocycles. The lowest BCUT2D eigenvalue weighted by molar-refractivity contribution is -0.143. The predicted octanol–water partition coefficient (Wildman–Crippen LogP) is 1.94. The number of hydrogen-bond donors (Lipinski definition) is 1. The number of primary amides is 1. The SMILES string of the molecule is NC(=O)n1c(C(F)(F)F)cc(=O)n(-c2cc(SC[C]=O)c(Cl)cc2F)c1=O. The maximum atomic E-state index is 14.2. The number of aromatic nitrogens is 2. The van der Waals surface area contributed by atoms with E-state index >= 15 is 0 Å². The molecule has 0 fully saturated rings. The van der Waals surface area contributed by atoms with Crippen molar-refractivity contribution in [2.24, 2.45) is 5.73 Å². The Morgan fingerprint density at radius 3 is 2.41 bits per heavy atom. The lowest BCUT2D eigenvalue weighted by Gasteiger charge is -2.15. The van der Waals surface area contributed by atoms with Gasteiger partial charge in [-0.2, -0.15) is 13.2 Å². The van der Waals surface area contributed by atoms with Gasteiger partial charge in [-0.15, -0.1) is 11.8 Å². The number of carbonyl (C=O) groups excluding carboxylic acids is 2. The van der Waals surface area contributed by atoms with E-state index < -0.39 is 45.2 Å². The lowest BCUT2D eigenvalue weighted by atomic mass is 10.3. The minimum atomic E-state index is -5.24. The van der Waals surface area contributed by atoms with Crippen molar-refractivity contribution >= 4 is 35.7 Å². The van der Waals surface area contributed by atoms with Gasteiger partial charge in [0.05, 0.1) is 16.5 Å². The Balaban J connectivity index is 2.87. The van der Waals surface area contributed by atoms with Crippen LogP contribution >= 0.6 is 23.4 Å². The molecular weight excluding hydrogens is 418 g/mol. The number of amides is 1. The molecule has 0 atom stereocenters. The maximum absolute atomic E-state index is 14.2. The smallest absolute Gasteiger partial charge is 0.351 e. The first-order chi connectivity index (χ1) is 12.5. The Morgan fingerprint density at radius 2 is 1.89 bits per heavy atom. The van der Waals surface area contributed by atoms with E-state index in [9.17, 15) is 36.7 Å². The number of alkyl halides is 3. The highest BCUT2D eigenvalue weighted by Crippen LogP contribution is 2.31. The summed E-state index contributed by atoms with van der Waals surface area (Å²) in [5.41, 5.74) is -1.23. The van der Waals surface area contributed by atoms with E-state index in [1.165, 1.54) is 6.29 Å². The van der Waals surface area contributed by atoms with Crippen LogP contribution in [0, 0.1) is 5.82 Å². The highest BCUT2D eigenvalue weighted by Gasteiger charge is 2.37. The summed E-state index contributed by atoms with van der Waals surface area (Å²) >= 11 is 6.56. The van der Waals surface area contributed by atoms with Gasteiger partial charge in [0.1, 0.15) is 11.5 Å². The number of nitrogens with zero attached hydrogens (tertiary/aromatic N) is 2. The Kier molecular flexibility index (Phi) is 5.80. The van der Waals surface area contributed by atoms with Gasteiger partial charge in [-0.1, -0.05) is 11.6 Å². The normalized spacial score (nSPS) is 11.4. The summed E-state index contributed by atoms with van der Waals surface area (Å²) < 4.78 is 52.7. The summed E-state index contributed by atoms with van der Waals surface area (Å²) in [6, 6.07) is -0.309. The molecule has 1 aromatic carbocycles. The van der Waals surface area contributed by atoms with Crippen LogP contribution in [0.5, 0.6) is 0 Å². The Hall–Kier alpha value is -2.60. The molecule has 0 unspecified atom stereocenters. The summed E-state index contributed by atoms with van der Waals surface area (Å²) in [5.74, 6) is -1.45. The molecule has 1 amide bonds. The largest absolute Gasteiger partial charge is 0.432 e. The van der Waals surface area contributed by atoms with Gasteiger partial charge in [0.2, 0.25) is 6.29 Å². The highest BCUT2D eigenvalue weighted by molar-refractivity contribution is 8.00. The molecule has 1 heterocycles. The second kappa shape index (κ2) is 7.56. The first-order valence-corrected chi connectivity index (χ1v) is 8.08. The standard InChI is InChI=1S/C14H7ClF4N3O4S/c15-6-3-7(16)8(4-9(6)27-2-1-23)21-11(24)5-10(14(17,18)19)22(12(20)25)13(21)26/h3-5H,2H2,(H2,20,25). The molecule has 0 spiro atoms. The first-order valence-electron chi connectivity index (χ1n) is 6.72. The highest BCUT2D eigenvalue weighted by atomic mass is 35.5. The van der Waals surface area contributed by atoms with Crippen LogP contribution in [0.4, 0.5) is 22.4 Å². The van der Waals surface area contributed by atoms with E-state index in [0.29, 0.717) is 6.07 Å². The zero-order chi connectivity index (χ0) is 20.5. The maximum Gasteiger partial charge on any atom is 0.432 e. The van der Waals surface area contributed by atoms with Gasteiger partial charge < -0.3 is 5.73 Å². The molecule has 7 nitrogen and oxygen atoms in total. The summed E-state index contributed by atoms with van der Waals surface area (Å²) in [6.07, 6.45) is -3.72.